The predicted octanol–water partition coefficient (Wildman–Crippen LogP) is 2.36. The number of rotatable bonds is 3. The van der Waals surface area contributed by atoms with Gasteiger partial charge in [-0.25, -0.2) is 0 Å². The number of nitrogens with zero attached hydrogens (tertiary/aromatic N) is 2. The van der Waals surface area contributed by atoms with Gasteiger partial charge in [0.05, 0.1) is 18.8 Å². The fraction of sp³-hybridized carbons (Fsp3) is 0.765. The van der Waals surface area contributed by atoms with Crippen molar-refractivity contribution in [2.24, 2.45) is 0 Å². The average Bonchev–Trinajstić information content (AvgIpc) is 2.79. The minimum Gasteiger partial charge on any atom is -0.388 e. The molecule has 1 aliphatic carbocycles. The second-order valence-corrected chi connectivity index (χ2v) is 6.78. The topological polar surface area (TPSA) is 37.6 Å². The highest BCUT2D eigenvalue weighted by molar-refractivity contribution is 5.28. The van der Waals surface area contributed by atoms with E-state index in [1.54, 1.807) is 0 Å². The third-order valence-corrected chi connectivity index (χ3v) is 4.84. The van der Waals surface area contributed by atoms with Crippen LogP contribution in [0.4, 0.5) is 0 Å². The van der Waals surface area contributed by atoms with Crippen molar-refractivity contribution in [3.63, 3.8) is 0 Å². The standard InChI is InChI=1S/C17H28N2O2/c1-13(2)19-7-8-21-15(11-19)10-18-9-14-5-3-4-6-17(20)16(14)12-18/h9,12-13,15,17,20H,3-8,10-11H2,1-2H3. The maximum absolute atomic E-state index is 10.2. The van der Waals surface area contributed by atoms with Gasteiger partial charge in [0.2, 0.25) is 0 Å². The van der Waals surface area contributed by atoms with Gasteiger partial charge >= 0.3 is 0 Å². The number of morpholine rings is 1. The maximum Gasteiger partial charge on any atom is 0.0881 e. The summed E-state index contributed by atoms with van der Waals surface area (Å²) in [5, 5.41) is 10.2. The Hall–Kier alpha value is -0.840. The minimum atomic E-state index is -0.275. The van der Waals surface area contributed by atoms with E-state index < -0.39 is 0 Å². The molecule has 2 unspecified atom stereocenters. The Bertz CT molecular complexity index is 469. The van der Waals surface area contributed by atoms with E-state index in [-0.39, 0.29) is 12.2 Å². The number of fused-ring (bicyclic) bond motifs is 1. The van der Waals surface area contributed by atoms with Gasteiger partial charge < -0.3 is 14.4 Å². The zero-order valence-electron chi connectivity index (χ0n) is 13.3. The third-order valence-electron chi connectivity index (χ3n) is 4.84. The third kappa shape index (κ3) is 3.50. The van der Waals surface area contributed by atoms with E-state index in [1.807, 2.05) is 0 Å². The van der Waals surface area contributed by atoms with E-state index in [4.69, 9.17) is 4.74 Å². The van der Waals surface area contributed by atoms with Crippen molar-refractivity contribution < 1.29 is 9.84 Å². The monoisotopic (exact) mass is 292 g/mol. The van der Waals surface area contributed by atoms with Crippen molar-refractivity contribution in [3.05, 3.63) is 23.5 Å². The predicted molar refractivity (Wildman–Crippen MR) is 83.4 cm³/mol. The van der Waals surface area contributed by atoms with Crippen LogP contribution in [-0.2, 0) is 17.7 Å². The number of aliphatic hydroxyl groups excluding tert-OH is 1. The van der Waals surface area contributed by atoms with E-state index in [1.165, 1.54) is 12.0 Å². The Balaban J connectivity index is 1.67. The number of hydrogen-bond donors (Lipinski definition) is 1. The van der Waals surface area contributed by atoms with Gasteiger partial charge in [0.15, 0.2) is 0 Å². The molecule has 0 aromatic carbocycles. The van der Waals surface area contributed by atoms with Crippen molar-refractivity contribution in [1.82, 2.24) is 9.47 Å². The normalized spacial score (nSPS) is 27.6. The van der Waals surface area contributed by atoms with Crippen LogP contribution in [-0.4, -0.2) is 46.4 Å². The lowest BCUT2D eigenvalue weighted by atomic mass is 10.1. The highest BCUT2D eigenvalue weighted by Crippen LogP contribution is 2.29. The first-order valence-corrected chi connectivity index (χ1v) is 8.35. The van der Waals surface area contributed by atoms with E-state index in [0.717, 1.165) is 51.1 Å². The smallest absolute Gasteiger partial charge is 0.0881 e. The highest BCUT2D eigenvalue weighted by Gasteiger charge is 2.24. The molecule has 3 rings (SSSR count). The van der Waals surface area contributed by atoms with Crippen LogP contribution in [0.15, 0.2) is 12.4 Å². The van der Waals surface area contributed by atoms with Crippen LogP contribution in [0.5, 0.6) is 0 Å². The number of hydrogen-bond acceptors (Lipinski definition) is 3. The average molecular weight is 292 g/mol. The SMILES string of the molecule is CC(C)N1CCOC(Cn2cc3c(c2)C(O)CCCC3)C1. The molecule has 0 amide bonds. The number of aliphatic hydroxyl groups is 1. The van der Waals surface area contributed by atoms with Gasteiger partial charge in [-0.05, 0) is 38.7 Å². The lowest BCUT2D eigenvalue weighted by molar-refractivity contribution is -0.0456. The van der Waals surface area contributed by atoms with Crippen LogP contribution in [0.3, 0.4) is 0 Å². The van der Waals surface area contributed by atoms with Crippen molar-refractivity contribution in [3.8, 4) is 0 Å². The van der Waals surface area contributed by atoms with Crippen LogP contribution >= 0.6 is 0 Å². The molecule has 1 aromatic heterocycles. The summed E-state index contributed by atoms with van der Waals surface area (Å²) in [5.41, 5.74) is 2.47. The summed E-state index contributed by atoms with van der Waals surface area (Å²) < 4.78 is 8.15. The quantitative estimate of drug-likeness (QED) is 0.869. The van der Waals surface area contributed by atoms with Gasteiger partial charge in [-0.2, -0.15) is 0 Å². The molecule has 4 nitrogen and oxygen atoms in total. The molecule has 0 saturated carbocycles. The van der Waals surface area contributed by atoms with Gasteiger partial charge in [0.1, 0.15) is 0 Å². The Labute approximate surface area is 127 Å². The van der Waals surface area contributed by atoms with E-state index in [2.05, 4.69) is 35.7 Å². The summed E-state index contributed by atoms with van der Waals surface area (Å²) in [6.45, 7) is 8.25. The second-order valence-electron chi connectivity index (χ2n) is 6.78. The summed E-state index contributed by atoms with van der Waals surface area (Å²) in [5.74, 6) is 0. The van der Waals surface area contributed by atoms with Crippen molar-refractivity contribution in [2.75, 3.05) is 19.7 Å². The second kappa shape index (κ2) is 6.51. The molecule has 1 saturated heterocycles. The summed E-state index contributed by atoms with van der Waals surface area (Å²) in [4.78, 5) is 2.48. The summed E-state index contributed by atoms with van der Waals surface area (Å²) in [7, 11) is 0. The molecule has 2 heterocycles. The Morgan fingerprint density at radius 3 is 3.00 bits per heavy atom. The molecule has 2 atom stereocenters. The van der Waals surface area contributed by atoms with Gasteiger partial charge in [-0.15, -0.1) is 0 Å². The fourth-order valence-corrected chi connectivity index (χ4v) is 3.55. The van der Waals surface area contributed by atoms with Crippen LogP contribution in [0.25, 0.3) is 0 Å². The Kier molecular flexibility index (Phi) is 4.67. The summed E-state index contributed by atoms with van der Waals surface area (Å²) in [6.07, 6.45) is 8.67. The number of ether oxygens (including phenoxy) is 1. The molecular formula is C17H28N2O2. The van der Waals surface area contributed by atoms with Gasteiger partial charge in [-0.1, -0.05) is 6.42 Å². The molecule has 1 aliphatic heterocycles. The molecule has 4 heteroatoms. The summed E-state index contributed by atoms with van der Waals surface area (Å²) >= 11 is 0. The molecule has 0 radical (unpaired) electrons. The molecule has 0 bridgehead atoms. The molecule has 1 N–H and O–H groups in total. The Morgan fingerprint density at radius 2 is 2.19 bits per heavy atom. The first kappa shape index (κ1) is 15.1. The fourth-order valence-electron chi connectivity index (χ4n) is 3.55. The summed E-state index contributed by atoms with van der Waals surface area (Å²) in [6, 6.07) is 0.583. The number of aryl methyl sites for hydroxylation is 1. The zero-order valence-corrected chi connectivity index (χ0v) is 13.3. The molecule has 21 heavy (non-hydrogen) atoms. The lowest BCUT2D eigenvalue weighted by Gasteiger charge is -2.35. The Morgan fingerprint density at radius 1 is 1.33 bits per heavy atom. The van der Waals surface area contributed by atoms with Crippen LogP contribution < -0.4 is 0 Å². The van der Waals surface area contributed by atoms with Gasteiger partial charge in [0, 0.05) is 43.6 Å². The molecule has 1 aromatic rings. The largest absolute Gasteiger partial charge is 0.388 e. The van der Waals surface area contributed by atoms with Gasteiger partial charge in [-0.3, -0.25) is 4.90 Å². The van der Waals surface area contributed by atoms with E-state index in [9.17, 15) is 5.11 Å². The van der Waals surface area contributed by atoms with E-state index in [0.29, 0.717) is 6.04 Å². The molecular weight excluding hydrogens is 264 g/mol. The maximum atomic E-state index is 10.2. The van der Waals surface area contributed by atoms with E-state index >= 15 is 0 Å². The molecule has 0 spiro atoms. The van der Waals surface area contributed by atoms with Crippen molar-refractivity contribution in [1.29, 1.82) is 0 Å². The molecule has 1 fully saturated rings. The van der Waals surface area contributed by atoms with Crippen LogP contribution in [0.2, 0.25) is 0 Å². The number of aromatic nitrogens is 1. The minimum absolute atomic E-state index is 0.259. The van der Waals surface area contributed by atoms with Gasteiger partial charge in [0.25, 0.3) is 0 Å². The zero-order chi connectivity index (χ0) is 14.8. The van der Waals surface area contributed by atoms with Crippen molar-refractivity contribution >= 4 is 0 Å². The lowest BCUT2D eigenvalue weighted by Crippen LogP contribution is -2.47. The van der Waals surface area contributed by atoms with Crippen LogP contribution in [0.1, 0.15) is 50.3 Å². The highest BCUT2D eigenvalue weighted by atomic mass is 16.5. The first-order chi connectivity index (χ1) is 10.1. The van der Waals surface area contributed by atoms with Crippen molar-refractivity contribution in [2.45, 2.75) is 64.3 Å². The molecule has 118 valence electrons. The van der Waals surface area contributed by atoms with Crippen LogP contribution in [0, 0.1) is 0 Å². The first-order valence-electron chi connectivity index (χ1n) is 8.35. The molecule has 2 aliphatic rings.